The second kappa shape index (κ2) is 8.25. The normalized spacial score (nSPS) is 12.1. The van der Waals surface area contributed by atoms with Crippen molar-refractivity contribution in [2.75, 3.05) is 13.2 Å². The Bertz CT molecular complexity index is 578. The zero-order chi connectivity index (χ0) is 15.1. The van der Waals surface area contributed by atoms with Crippen molar-refractivity contribution < 1.29 is 9.84 Å². The maximum absolute atomic E-state index is 9.87. The number of aliphatic hydroxyl groups excluding tert-OH is 1. The predicted octanol–water partition coefficient (Wildman–Crippen LogP) is 3.52. The van der Waals surface area contributed by atoms with Gasteiger partial charge in [0, 0.05) is 23.1 Å². The molecule has 3 nitrogen and oxygen atoms in total. The summed E-state index contributed by atoms with van der Waals surface area (Å²) in [5.41, 5.74) is 1.07. The van der Waals surface area contributed by atoms with Gasteiger partial charge in [0.05, 0.1) is 0 Å². The predicted molar refractivity (Wildman–Crippen MR) is 86.1 cm³/mol. The Hall–Kier alpha value is -1.26. The lowest BCUT2D eigenvalue weighted by Gasteiger charge is -2.13. The maximum Gasteiger partial charge on any atom is 0.120 e. The van der Waals surface area contributed by atoms with Gasteiger partial charge in [0.1, 0.15) is 18.5 Å². The molecule has 2 aromatic carbocycles. The zero-order valence-corrected chi connectivity index (χ0v) is 12.9. The fraction of sp³-hybridized carbons (Fsp3) is 0.250. The van der Waals surface area contributed by atoms with Gasteiger partial charge in [0.15, 0.2) is 0 Å². The first-order valence-corrected chi connectivity index (χ1v) is 7.40. The summed E-state index contributed by atoms with van der Waals surface area (Å²) in [4.78, 5) is 0. The summed E-state index contributed by atoms with van der Waals surface area (Å²) < 4.78 is 5.47. The summed E-state index contributed by atoms with van der Waals surface area (Å²) in [5.74, 6) is 0.649. The molecule has 0 saturated heterocycles. The molecule has 5 heteroatoms. The highest BCUT2D eigenvalue weighted by atomic mass is 35.5. The number of benzene rings is 2. The lowest BCUT2D eigenvalue weighted by Crippen LogP contribution is -2.31. The molecule has 0 amide bonds. The molecule has 0 fully saturated rings. The maximum atomic E-state index is 9.87. The van der Waals surface area contributed by atoms with E-state index in [0.717, 1.165) is 5.56 Å². The Kier molecular flexibility index (Phi) is 6.33. The van der Waals surface area contributed by atoms with E-state index in [0.29, 0.717) is 28.9 Å². The summed E-state index contributed by atoms with van der Waals surface area (Å²) in [7, 11) is 0. The molecule has 0 aliphatic heterocycles. The van der Waals surface area contributed by atoms with Gasteiger partial charge >= 0.3 is 0 Å². The molecular formula is C16H17Cl2NO2. The Labute approximate surface area is 134 Å². The lowest BCUT2D eigenvalue weighted by atomic mass is 10.2. The molecule has 112 valence electrons. The Morgan fingerprint density at radius 3 is 2.48 bits per heavy atom. The molecular weight excluding hydrogens is 309 g/mol. The van der Waals surface area contributed by atoms with Crippen LogP contribution in [0.5, 0.6) is 5.75 Å². The van der Waals surface area contributed by atoms with Crippen molar-refractivity contribution >= 4 is 23.2 Å². The van der Waals surface area contributed by atoms with E-state index < -0.39 is 6.10 Å². The molecule has 0 heterocycles. The zero-order valence-electron chi connectivity index (χ0n) is 11.4. The summed E-state index contributed by atoms with van der Waals surface area (Å²) in [6, 6.07) is 14.7. The van der Waals surface area contributed by atoms with E-state index in [9.17, 15) is 5.11 Å². The van der Waals surface area contributed by atoms with Crippen molar-refractivity contribution in [2.45, 2.75) is 12.6 Å². The van der Waals surface area contributed by atoms with Gasteiger partial charge in [0.25, 0.3) is 0 Å². The van der Waals surface area contributed by atoms with Gasteiger partial charge in [0.2, 0.25) is 0 Å². The Morgan fingerprint density at radius 2 is 1.76 bits per heavy atom. The van der Waals surface area contributed by atoms with Gasteiger partial charge in [-0.15, -0.1) is 0 Å². The second-order valence-corrected chi connectivity index (χ2v) is 5.56. The first-order valence-electron chi connectivity index (χ1n) is 6.65. The topological polar surface area (TPSA) is 41.5 Å². The fourth-order valence-electron chi connectivity index (χ4n) is 1.84. The standard InChI is InChI=1S/C16H17Cl2NO2/c17-13-4-1-3-12(7-13)9-19-10-15(20)11-21-16-6-2-5-14(18)8-16/h1-8,15,19-20H,9-11H2. The number of hydrogen-bond acceptors (Lipinski definition) is 3. The minimum Gasteiger partial charge on any atom is -0.491 e. The van der Waals surface area contributed by atoms with E-state index >= 15 is 0 Å². The lowest BCUT2D eigenvalue weighted by molar-refractivity contribution is 0.106. The van der Waals surface area contributed by atoms with Crippen LogP contribution in [0.4, 0.5) is 0 Å². The molecule has 0 aliphatic rings. The van der Waals surface area contributed by atoms with Gasteiger partial charge in [-0.05, 0) is 35.9 Å². The molecule has 21 heavy (non-hydrogen) atoms. The summed E-state index contributed by atoms with van der Waals surface area (Å²) >= 11 is 11.8. The first kappa shape index (κ1) is 16.1. The highest BCUT2D eigenvalue weighted by Gasteiger charge is 2.05. The van der Waals surface area contributed by atoms with Crippen molar-refractivity contribution in [3.63, 3.8) is 0 Å². The number of nitrogens with one attached hydrogen (secondary N) is 1. The third-order valence-corrected chi connectivity index (χ3v) is 3.31. The van der Waals surface area contributed by atoms with Crippen LogP contribution in [0.1, 0.15) is 5.56 Å². The third-order valence-electron chi connectivity index (χ3n) is 2.84. The van der Waals surface area contributed by atoms with E-state index in [1.54, 1.807) is 24.3 Å². The largest absolute Gasteiger partial charge is 0.491 e. The van der Waals surface area contributed by atoms with Crippen molar-refractivity contribution in [3.8, 4) is 5.75 Å². The van der Waals surface area contributed by atoms with Crippen molar-refractivity contribution in [1.82, 2.24) is 5.32 Å². The Balaban J connectivity index is 1.69. The van der Waals surface area contributed by atoms with Crippen LogP contribution in [0.3, 0.4) is 0 Å². The summed E-state index contributed by atoms with van der Waals surface area (Å²) in [6.07, 6.45) is -0.594. The first-order chi connectivity index (χ1) is 10.1. The van der Waals surface area contributed by atoms with Crippen LogP contribution >= 0.6 is 23.2 Å². The smallest absolute Gasteiger partial charge is 0.120 e. The monoisotopic (exact) mass is 325 g/mol. The van der Waals surface area contributed by atoms with Crippen LogP contribution in [0.15, 0.2) is 48.5 Å². The van der Waals surface area contributed by atoms with E-state index in [1.807, 2.05) is 24.3 Å². The second-order valence-electron chi connectivity index (χ2n) is 4.68. The van der Waals surface area contributed by atoms with E-state index in [-0.39, 0.29) is 6.61 Å². The molecule has 1 atom stereocenters. The highest BCUT2D eigenvalue weighted by Crippen LogP contribution is 2.17. The Morgan fingerprint density at radius 1 is 1.05 bits per heavy atom. The van der Waals surface area contributed by atoms with E-state index in [2.05, 4.69) is 5.32 Å². The van der Waals surface area contributed by atoms with Crippen molar-refractivity contribution in [3.05, 3.63) is 64.1 Å². The quantitative estimate of drug-likeness (QED) is 0.818. The molecule has 2 aromatic rings. The molecule has 0 bridgehead atoms. The van der Waals surface area contributed by atoms with Crippen LogP contribution in [-0.4, -0.2) is 24.4 Å². The van der Waals surface area contributed by atoms with E-state index in [1.165, 1.54) is 0 Å². The van der Waals surface area contributed by atoms with Crippen LogP contribution in [0.2, 0.25) is 10.0 Å². The molecule has 0 saturated carbocycles. The van der Waals surface area contributed by atoms with Gasteiger partial charge in [-0.3, -0.25) is 0 Å². The number of halogens is 2. The number of rotatable bonds is 7. The molecule has 2 rings (SSSR count). The summed E-state index contributed by atoms with van der Waals surface area (Å²) in [5, 5.41) is 14.3. The van der Waals surface area contributed by atoms with E-state index in [4.69, 9.17) is 27.9 Å². The van der Waals surface area contributed by atoms with Crippen LogP contribution < -0.4 is 10.1 Å². The third kappa shape index (κ3) is 5.94. The molecule has 0 aromatic heterocycles. The SMILES string of the molecule is OC(CNCc1cccc(Cl)c1)COc1cccc(Cl)c1. The molecule has 0 radical (unpaired) electrons. The van der Waals surface area contributed by atoms with Crippen molar-refractivity contribution in [1.29, 1.82) is 0 Å². The molecule has 2 N–H and O–H groups in total. The summed E-state index contributed by atoms with van der Waals surface area (Å²) in [6.45, 7) is 1.30. The van der Waals surface area contributed by atoms with Gasteiger partial charge in [-0.2, -0.15) is 0 Å². The number of ether oxygens (including phenoxy) is 1. The fourth-order valence-corrected chi connectivity index (χ4v) is 2.23. The van der Waals surface area contributed by atoms with Gasteiger partial charge in [-0.1, -0.05) is 41.4 Å². The molecule has 0 aliphatic carbocycles. The minimum absolute atomic E-state index is 0.211. The number of hydrogen-bond donors (Lipinski definition) is 2. The average Bonchev–Trinajstić information content (AvgIpc) is 2.45. The molecule has 0 spiro atoms. The van der Waals surface area contributed by atoms with Crippen molar-refractivity contribution in [2.24, 2.45) is 0 Å². The van der Waals surface area contributed by atoms with Crippen LogP contribution in [0.25, 0.3) is 0 Å². The van der Waals surface area contributed by atoms with Gasteiger partial charge < -0.3 is 15.2 Å². The number of aliphatic hydroxyl groups is 1. The van der Waals surface area contributed by atoms with Crippen LogP contribution in [0, 0.1) is 0 Å². The highest BCUT2D eigenvalue weighted by molar-refractivity contribution is 6.30. The molecule has 1 unspecified atom stereocenters. The van der Waals surface area contributed by atoms with Crippen LogP contribution in [-0.2, 0) is 6.54 Å². The average molecular weight is 326 g/mol. The van der Waals surface area contributed by atoms with Gasteiger partial charge in [-0.25, -0.2) is 0 Å². The minimum atomic E-state index is -0.594.